The Morgan fingerprint density at radius 2 is 1.79 bits per heavy atom. The van der Waals surface area contributed by atoms with Crippen molar-refractivity contribution in [2.24, 2.45) is 0 Å². The second-order valence-electron chi connectivity index (χ2n) is 4.19. The summed E-state index contributed by atoms with van der Waals surface area (Å²) in [7, 11) is 0. The largest absolute Gasteiger partial charge is 0.306 e. The Labute approximate surface area is 110 Å². The van der Waals surface area contributed by atoms with Crippen LogP contribution in [0.2, 0.25) is 0 Å². The fourth-order valence-electron chi connectivity index (χ4n) is 1.92. The minimum atomic E-state index is -0.581. The van der Waals surface area contributed by atoms with Crippen LogP contribution in [0.15, 0.2) is 36.9 Å². The molecule has 2 aromatic rings. The summed E-state index contributed by atoms with van der Waals surface area (Å²) in [5, 5.41) is 3.12. The number of halogens is 2. The van der Waals surface area contributed by atoms with Crippen molar-refractivity contribution in [1.82, 2.24) is 15.3 Å². The fraction of sp³-hybridized carbons (Fsp3) is 0.286. The Bertz CT molecular complexity index is 511. The molecule has 0 radical (unpaired) electrons. The second-order valence-corrected chi connectivity index (χ2v) is 4.19. The minimum Gasteiger partial charge on any atom is -0.306 e. The van der Waals surface area contributed by atoms with Crippen LogP contribution in [0.1, 0.15) is 30.5 Å². The lowest BCUT2D eigenvalue weighted by molar-refractivity contribution is 0.501. The SMILES string of the molecule is CCCNC(c1cncnc1)c1c(F)cccc1F. The van der Waals surface area contributed by atoms with Crippen molar-refractivity contribution < 1.29 is 8.78 Å². The molecule has 1 N–H and O–H groups in total. The highest BCUT2D eigenvalue weighted by Gasteiger charge is 2.21. The molecule has 0 amide bonds. The number of aromatic nitrogens is 2. The molecule has 100 valence electrons. The quantitative estimate of drug-likeness (QED) is 0.901. The highest BCUT2D eigenvalue weighted by atomic mass is 19.1. The third kappa shape index (κ3) is 3.12. The zero-order chi connectivity index (χ0) is 13.7. The van der Waals surface area contributed by atoms with Crippen molar-refractivity contribution in [3.05, 3.63) is 59.7 Å². The lowest BCUT2D eigenvalue weighted by atomic mass is 10.00. The molecule has 2 rings (SSSR count). The summed E-state index contributed by atoms with van der Waals surface area (Å²) in [5.41, 5.74) is 0.644. The maximum absolute atomic E-state index is 13.9. The molecule has 0 aliphatic heterocycles. The van der Waals surface area contributed by atoms with Gasteiger partial charge in [-0.15, -0.1) is 0 Å². The summed E-state index contributed by atoms with van der Waals surface area (Å²) >= 11 is 0. The molecule has 0 bridgehead atoms. The van der Waals surface area contributed by atoms with Gasteiger partial charge in [0.15, 0.2) is 0 Å². The van der Waals surface area contributed by atoms with Crippen molar-refractivity contribution in [3.8, 4) is 0 Å². The fourth-order valence-corrected chi connectivity index (χ4v) is 1.92. The normalized spacial score (nSPS) is 12.4. The van der Waals surface area contributed by atoms with Crippen LogP contribution in [0.3, 0.4) is 0 Å². The van der Waals surface area contributed by atoms with Crippen LogP contribution in [-0.4, -0.2) is 16.5 Å². The van der Waals surface area contributed by atoms with E-state index in [0.29, 0.717) is 12.1 Å². The molecule has 0 saturated carbocycles. The Kier molecular flexibility index (Phi) is 4.52. The molecule has 1 unspecified atom stereocenters. The Morgan fingerprint density at radius 1 is 1.16 bits per heavy atom. The van der Waals surface area contributed by atoms with Gasteiger partial charge >= 0.3 is 0 Å². The topological polar surface area (TPSA) is 37.8 Å². The van der Waals surface area contributed by atoms with Crippen LogP contribution >= 0.6 is 0 Å². The van der Waals surface area contributed by atoms with Gasteiger partial charge < -0.3 is 5.32 Å². The summed E-state index contributed by atoms with van der Waals surface area (Å²) in [5.74, 6) is -1.14. The van der Waals surface area contributed by atoms with Gasteiger partial charge in [-0.25, -0.2) is 18.7 Å². The first-order valence-electron chi connectivity index (χ1n) is 6.16. The third-order valence-corrected chi connectivity index (χ3v) is 2.80. The van der Waals surface area contributed by atoms with E-state index in [0.717, 1.165) is 6.42 Å². The third-order valence-electron chi connectivity index (χ3n) is 2.80. The van der Waals surface area contributed by atoms with Gasteiger partial charge in [0, 0.05) is 23.5 Å². The summed E-state index contributed by atoms with van der Waals surface area (Å²) in [6.45, 7) is 2.64. The zero-order valence-corrected chi connectivity index (χ0v) is 10.6. The molecule has 0 saturated heterocycles. The number of nitrogens with one attached hydrogen (secondary N) is 1. The first-order valence-corrected chi connectivity index (χ1v) is 6.16. The van der Waals surface area contributed by atoms with Gasteiger partial charge in [0.2, 0.25) is 0 Å². The van der Waals surface area contributed by atoms with Crippen LogP contribution < -0.4 is 5.32 Å². The predicted molar refractivity (Wildman–Crippen MR) is 68.5 cm³/mol. The molecule has 3 nitrogen and oxygen atoms in total. The average molecular weight is 263 g/mol. The lowest BCUT2D eigenvalue weighted by Gasteiger charge is -2.19. The first kappa shape index (κ1) is 13.5. The van der Waals surface area contributed by atoms with Gasteiger partial charge in [0.1, 0.15) is 18.0 Å². The molecule has 0 fully saturated rings. The molecule has 0 aliphatic carbocycles. The van der Waals surface area contributed by atoms with Crippen molar-refractivity contribution in [1.29, 1.82) is 0 Å². The molecule has 1 atom stereocenters. The van der Waals surface area contributed by atoms with Crippen LogP contribution in [-0.2, 0) is 0 Å². The number of rotatable bonds is 5. The van der Waals surface area contributed by atoms with Crippen LogP contribution in [0.25, 0.3) is 0 Å². The number of benzene rings is 1. The maximum Gasteiger partial charge on any atom is 0.131 e. The van der Waals surface area contributed by atoms with Crippen LogP contribution in [0.5, 0.6) is 0 Å². The first-order chi connectivity index (χ1) is 9.24. The van der Waals surface area contributed by atoms with Gasteiger partial charge in [-0.2, -0.15) is 0 Å². The molecular formula is C14H15F2N3. The van der Waals surface area contributed by atoms with E-state index in [2.05, 4.69) is 15.3 Å². The van der Waals surface area contributed by atoms with Gasteiger partial charge in [-0.3, -0.25) is 0 Å². The van der Waals surface area contributed by atoms with E-state index in [1.165, 1.54) is 24.5 Å². The standard InChI is InChI=1S/C14H15F2N3/c1-2-6-19-14(10-7-17-9-18-8-10)13-11(15)4-3-5-12(13)16/h3-5,7-9,14,19H,2,6H2,1H3. The molecule has 5 heteroatoms. The summed E-state index contributed by atoms with van der Waals surface area (Å²) in [4.78, 5) is 7.80. The summed E-state index contributed by atoms with van der Waals surface area (Å²) in [6.07, 6.45) is 5.37. The molecule has 0 aliphatic rings. The lowest BCUT2D eigenvalue weighted by Crippen LogP contribution is -2.25. The van der Waals surface area contributed by atoms with E-state index in [1.807, 2.05) is 6.92 Å². The van der Waals surface area contributed by atoms with E-state index >= 15 is 0 Å². The van der Waals surface area contributed by atoms with Gasteiger partial charge in [0.05, 0.1) is 6.04 Å². The van der Waals surface area contributed by atoms with E-state index < -0.39 is 17.7 Å². The van der Waals surface area contributed by atoms with E-state index in [-0.39, 0.29) is 5.56 Å². The number of hydrogen-bond donors (Lipinski definition) is 1. The van der Waals surface area contributed by atoms with E-state index in [9.17, 15) is 8.78 Å². The van der Waals surface area contributed by atoms with Crippen molar-refractivity contribution in [2.45, 2.75) is 19.4 Å². The van der Waals surface area contributed by atoms with Crippen LogP contribution in [0, 0.1) is 11.6 Å². The highest BCUT2D eigenvalue weighted by molar-refractivity contribution is 5.31. The smallest absolute Gasteiger partial charge is 0.131 e. The molecule has 1 heterocycles. The Balaban J connectivity index is 2.43. The summed E-state index contributed by atoms with van der Waals surface area (Å²) in [6, 6.07) is 3.28. The summed E-state index contributed by atoms with van der Waals surface area (Å²) < 4.78 is 27.8. The Morgan fingerprint density at radius 3 is 2.37 bits per heavy atom. The maximum atomic E-state index is 13.9. The molecule has 0 spiro atoms. The van der Waals surface area contributed by atoms with Crippen molar-refractivity contribution in [3.63, 3.8) is 0 Å². The Hall–Kier alpha value is -1.88. The van der Waals surface area contributed by atoms with Gasteiger partial charge in [-0.05, 0) is 25.1 Å². The van der Waals surface area contributed by atoms with E-state index in [1.54, 1.807) is 12.4 Å². The second kappa shape index (κ2) is 6.33. The van der Waals surface area contributed by atoms with Gasteiger partial charge in [0.25, 0.3) is 0 Å². The van der Waals surface area contributed by atoms with Crippen LogP contribution in [0.4, 0.5) is 8.78 Å². The van der Waals surface area contributed by atoms with E-state index in [4.69, 9.17) is 0 Å². The minimum absolute atomic E-state index is 0.00532. The monoisotopic (exact) mass is 263 g/mol. The average Bonchev–Trinajstić information content (AvgIpc) is 2.43. The number of hydrogen-bond acceptors (Lipinski definition) is 3. The molecule has 1 aromatic heterocycles. The van der Waals surface area contributed by atoms with Crippen molar-refractivity contribution >= 4 is 0 Å². The molecule has 1 aromatic carbocycles. The molecule has 19 heavy (non-hydrogen) atoms. The predicted octanol–water partition coefficient (Wildman–Crippen LogP) is 2.84. The zero-order valence-electron chi connectivity index (χ0n) is 10.6. The number of nitrogens with zero attached hydrogens (tertiary/aromatic N) is 2. The van der Waals surface area contributed by atoms with Crippen molar-refractivity contribution in [2.75, 3.05) is 6.54 Å². The molecular weight excluding hydrogens is 248 g/mol. The highest BCUT2D eigenvalue weighted by Crippen LogP contribution is 2.26. The van der Waals surface area contributed by atoms with Gasteiger partial charge in [-0.1, -0.05) is 13.0 Å².